The highest BCUT2D eigenvalue weighted by Crippen LogP contribution is 2.62. The topological polar surface area (TPSA) is 0 Å². The molecular formula is C14H5F21I2. The highest BCUT2D eigenvalue weighted by atomic mass is 127. The summed E-state index contributed by atoms with van der Waals surface area (Å²) in [7, 11) is 0. The van der Waals surface area contributed by atoms with E-state index in [9.17, 15) is 92.2 Å². The van der Waals surface area contributed by atoms with E-state index in [2.05, 4.69) is 0 Å². The maximum atomic E-state index is 13.8. The van der Waals surface area contributed by atoms with Gasteiger partial charge in [0, 0.05) is 16.9 Å². The third-order valence-corrected chi connectivity index (χ3v) is 5.75. The monoisotopic (exact) mass is 826 g/mol. The Hall–Kier alpha value is -0.270. The van der Waals surface area contributed by atoms with E-state index in [1.54, 1.807) is 0 Å². The van der Waals surface area contributed by atoms with Crippen LogP contribution in [0.3, 0.4) is 0 Å². The number of alkyl halides is 22. The summed E-state index contributed by atoms with van der Waals surface area (Å²) < 4.78 is 273. The Labute approximate surface area is 217 Å². The zero-order chi connectivity index (χ0) is 30.7. The number of hydrogen-bond acceptors (Lipinski definition) is 0. The van der Waals surface area contributed by atoms with Crippen LogP contribution in [0.4, 0.5) is 92.2 Å². The molecule has 23 heteroatoms. The summed E-state index contributed by atoms with van der Waals surface area (Å²) in [6.45, 7) is 0. The molecule has 0 N–H and O–H groups in total. The quantitative estimate of drug-likeness (QED) is 0.111. The average molecular weight is 826 g/mol. The van der Waals surface area contributed by atoms with E-state index in [4.69, 9.17) is 0 Å². The highest BCUT2D eigenvalue weighted by molar-refractivity contribution is 14.1. The van der Waals surface area contributed by atoms with Crippen molar-refractivity contribution >= 4 is 45.2 Å². The first-order chi connectivity index (χ1) is 15.7. The van der Waals surface area contributed by atoms with Crippen LogP contribution in [0.2, 0.25) is 0 Å². The molecule has 0 amide bonds. The fourth-order valence-corrected chi connectivity index (χ4v) is 3.38. The van der Waals surface area contributed by atoms with Crippen molar-refractivity contribution in [1.82, 2.24) is 0 Å². The Morgan fingerprint density at radius 2 is 0.838 bits per heavy atom. The fourth-order valence-electron chi connectivity index (χ4n) is 1.97. The molecule has 0 aromatic rings. The van der Waals surface area contributed by atoms with E-state index >= 15 is 0 Å². The van der Waals surface area contributed by atoms with E-state index < -0.39 is 103 Å². The van der Waals surface area contributed by atoms with Crippen molar-refractivity contribution in [2.24, 2.45) is 0 Å². The Balaban J connectivity index is 6.87. The van der Waals surface area contributed by atoms with Crippen LogP contribution < -0.4 is 0 Å². The third-order valence-electron chi connectivity index (χ3n) is 4.22. The first-order valence-corrected chi connectivity index (χ1v) is 10.7. The van der Waals surface area contributed by atoms with E-state index in [0.29, 0.717) is 0 Å². The average Bonchev–Trinajstić information content (AvgIpc) is 2.65. The third kappa shape index (κ3) is 5.40. The van der Waals surface area contributed by atoms with Crippen molar-refractivity contribution in [2.45, 2.75) is 65.9 Å². The molecular weight excluding hydrogens is 821 g/mol. The SMILES string of the molecule is FC(F)(F)C(F)(F)C(F)(F)C(F)(F)C(F)(F)C(F)(F)C=C(I)C(F)(F)C(F)(F)C(F)(F)C(F)(F)CCI. The largest absolute Gasteiger partial charge is 0.460 e. The van der Waals surface area contributed by atoms with Crippen molar-refractivity contribution in [3.8, 4) is 0 Å². The molecule has 0 aliphatic heterocycles. The van der Waals surface area contributed by atoms with Crippen LogP contribution >= 0.6 is 45.2 Å². The van der Waals surface area contributed by atoms with Gasteiger partial charge < -0.3 is 0 Å². The van der Waals surface area contributed by atoms with Crippen molar-refractivity contribution in [3.05, 3.63) is 9.66 Å². The van der Waals surface area contributed by atoms with Gasteiger partial charge in [0.1, 0.15) is 0 Å². The smallest absolute Gasteiger partial charge is 0.200 e. The summed E-state index contributed by atoms with van der Waals surface area (Å²) in [5.74, 6) is -68.8. The van der Waals surface area contributed by atoms with Gasteiger partial charge >= 0.3 is 59.5 Å². The molecule has 222 valence electrons. The number of allylic oxidation sites excluding steroid dienone is 2. The maximum absolute atomic E-state index is 13.8. The molecule has 0 atom stereocenters. The van der Waals surface area contributed by atoms with Gasteiger partial charge in [0.2, 0.25) is 0 Å². The van der Waals surface area contributed by atoms with E-state index in [-0.39, 0.29) is 0 Å². The minimum atomic E-state index is -8.51. The molecule has 0 aliphatic rings. The first kappa shape index (κ1) is 36.7. The van der Waals surface area contributed by atoms with Gasteiger partial charge in [0.25, 0.3) is 0 Å². The van der Waals surface area contributed by atoms with Crippen LogP contribution in [-0.2, 0) is 0 Å². The van der Waals surface area contributed by atoms with Crippen molar-refractivity contribution in [3.63, 3.8) is 0 Å². The van der Waals surface area contributed by atoms with Crippen molar-refractivity contribution in [1.29, 1.82) is 0 Å². The summed E-state index contributed by atoms with van der Waals surface area (Å²) >= 11 is 0.188. The molecule has 0 nitrogen and oxygen atoms in total. The molecule has 0 saturated carbocycles. The summed E-state index contributed by atoms with van der Waals surface area (Å²) in [6, 6.07) is 0. The second-order valence-corrected chi connectivity index (χ2v) is 9.02. The lowest BCUT2D eigenvalue weighted by atomic mass is 9.92. The van der Waals surface area contributed by atoms with E-state index in [1.165, 1.54) is 0 Å². The maximum Gasteiger partial charge on any atom is 0.460 e. The predicted molar refractivity (Wildman–Crippen MR) is 96.2 cm³/mol. The van der Waals surface area contributed by atoms with Gasteiger partial charge in [-0.3, -0.25) is 0 Å². The minimum absolute atomic E-state index is 0.680. The van der Waals surface area contributed by atoms with Gasteiger partial charge in [0.05, 0.1) is 3.58 Å². The van der Waals surface area contributed by atoms with Gasteiger partial charge in [-0.2, -0.15) is 92.2 Å². The fraction of sp³-hybridized carbons (Fsp3) is 0.857. The second kappa shape index (κ2) is 9.98. The standard InChI is InChI=1S/C14H5F21I2/c15-5(16,1-2-36)8(21,22)10(25,26)7(19,20)4(37)3-6(17,18)9(23,24)11(27,28)12(29,30)13(31,32)14(33,34)35/h3H,1-2H2. The Kier molecular flexibility index (Phi) is 9.90. The highest BCUT2D eigenvalue weighted by Gasteiger charge is 2.91. The normalized spacial score (nSPS) is 16.9. The Bertz CT molecular complexity index is 852. The molecule has 0 unspecified atom stereocenters. The molecule has 0 saturated heterocycles. The number of hydrogen-bond donors (Lipinski definition) is 0. The molecule has 0 aliphatic carbocycles. The van der Waals surface area contributed by atoms with Crippen LogP contribution in [0.15, 0.2) is 9.66 Å². The lowest BCUT2D eigenvalue weighted by Crippen LogP contribution is -2.69. The molecule has 0 aromatic carbocycles. The zero-order valence-corrected chi connectivity index (χ0v) is 20.5. The first-order valence-electron chi connectivity index (χ1n) is 8.11. The predicted octanol–water partition coefficient (Wildman–Crippen LogP) is 9.41. The summed E-state index contributed by atoms with van der Waals surface area (Å²) in [5.41, 5.74) is 0. The Morgan fingerprint density at radius 1 is 0.486 bits per heavy atom. The lowest BCUT2D eigenvalue weighted by molar-refractivity contribution is -0.436. The molecule has 0 rings (SSSR count). The number of rotatable bonds is 11. The van der Waals surface area contributed by atoms with Crippen LogP contribution in [0.25, 0.3) is 0 Å². The molecule has 0 heterocycles. The van der Waals surface area contributed by atoms with Crippen LogP contribution in [-0.4, -0.2) is 63.9 Å². The van der Waals surface area contributed by atoms with Crippen LogP contribution in [0.1, 0.15) is 6.42 Å². The molecule has 0 aromatic heterocycles. The summed E-state index contributed by atoms with van der Waals surface area (Å²) in [6.07, 6.45) is -12.7. The second-order valence-electron chi connectivity index (χ2n) is 6.78. The van der Waals surface area contributed by atoms with E-state index in [1.807, 2.05) is 0 Å². The number of halogens is 23. The van der Waals surface area contributed by atoms with Crippen molar-refractivity contribution in [2.75, 3.05) is 4.43 Å². The molecule has 37 heavy (non-hydrogen) atoms. The molecule has 0 bridgehead atoms. The molecule has 0 radical (unpaired) electrons. The Morgan fingerprint density at radius 3 is 1.16 bits per heavy atom. The van der Waals surface area contributed by atoms with Gasteiger partial charge in [-0.15, -0.1) is 0 Å². The summed E-state index contributed by atoms with van der Waals surface area (Å²) in [5, 5.41) is 0. The van der Waals surface area contributed by atoms with Gasteiger partial charge in [0.15, 0.2) is 0 Å². The minimum Gasteiger partial charge on any atom is -0.200 e. The van der Waals surface area contributed by atoms with Crippen LogP contribution in [0, 0.1) is 0 Å². The lowest BCUT2D eigenvalue weighted by Gasteiger charge is -2.39. The molecule has 0 fully saturated rings. The van der Waals surface area contributed by atoms with Gasteiger partial charge in [-0.05, 0) is 22.6 Å². The summed E-state index contributed by atoms with van der Waals surface area (Å²) in [4.78, 5) is 0. The van der Waals surface area contributed by atoms with Crippen molar-refractivity contribution < 1.29 is 92.2 Å². The van der Waals surface area contributed by atoms with Gasteiger partial charge in [-0.25, -0.2) is 0 Å². The zero-order valence-electron chi connectivity index (χ0n) is 16.2. The van der Waals surface area contributed by atoms with E-state index in [0.717, 1.165) is 22.6 Å². The molecule has 0 spiro atoms. The van der Waals surface area contributed by atoms with Gasteiger partial charge in [-0.1, -0.05) is 22.6 Å². The van der Waals surface area contributed by atoms with Crippen LogP contribution in [0.5, 0.6) is 0 Å².